The normalized spacial score (nSPS) is 16.8. The SMILES string of the molecule is COc1cc(OC)cc(-c2nnc(NC(=O)C3CCCN(S(=O)(=O)c4ccccc4)C3)o2)c1. The summed E-state index contributed by atoms with van der Waals surface area (Å²) in [6.07, 6.45) is 1.13. The third kappa shape index (κ3) is 4.99. The fourth-order valence-electron chi connectivity index (χ4n) is 3.65. The monoisotopic (exact) mass is 472 g/mol. The Labute approximate surface area is 191 Å². The highest BCUT2D eigenvalue weighted by Gasteiger charge is 2.33. The number of sulfonamides is 1. The second-order valence-electron chi connectivity index (χ2n) is 7.52. The molecule has 0 radical (unpaired) electrons. The second-order valence-corrected chi connectivity index (χ2v) is 9.46. The lowest BCUT2D eigenvalue weighted by molar-refractivity contribution is -0.121. The molecule has 0 saturated carbocycles. The van der Waals surface area contributed by atoms with Gasteiger partial charge in [0.15, 0.2) is 0 Å². The van der Waals surface area contributed by atoms with Crippen LogP contribution in [0, 0.1) is 5.92 Å². The first-order valence-electron chi connectivity index (χ1n) is 10.3. The van der Waals surface area contributed by atoms with Gasteiger partial charge in [0.2, 0.25) is 21.8 Å². The number of aromatic nitrogens is 2. The molecule has 174 valence electrons. The predicted octanol–water partition coefficient (Wildman–Crippen LogP) is 2.79. The third-order valence-corrected chi connectivity index (χ3v) is 7.27. The number of nitrogens with one attached hydrogen (secondary N) is 1. The summed E-state index contributed by atoms with van der Waals surface area (Å²) in [5, 5.41) is 10.5. The predicted molar refractivity (Wildman–Crippen MR) is 119 cm³/mol. The molecular weight excluding hydrogens is 448 g/mol. The maximum absolute atomic E-state index is 12.9. The number of nitrogens with zero attached hydrogens (tertiary/aromatic N) is 3. The summed E-state index contributed by atoms with van der Waals surface area (Å²) in [6, 6.07) is 13.2. The molecule has 11 heteroatoms. The molecule has 2 heterocycles. The molecule has 0 spiro atoms. The van der Waals surface area contributed by atoms with Gasteiger partial charge in [0.05, 0.1) is 25.0 Å². The topological polar surface area (TPSA) is 124 Å². The van der Waals surface area contributed by atoms with Gasteiger partial charge < -0.3 is 13.9 Å². The molecule has 33 heavy (non-hydrogen) atoms. The van der Waals surface area contributed by atoms with E-state index in [0.717, 1.165) is 0 Å². The van der Waals surface area contributed by atoms with E-state index in [1.807, 2.05) is 0 Å². The minimum Gasteiger partial charge on any atom is -0.497 e. The van der Waals surface area contributed by atoms with Gasteiger partial charge in [-0.15, -0.1) is 5.10 Å². The molecule has 4 rings (SSSR count). The van der Waals surface area contributed by atoms with Gasteiger partial charge in [-0.2, -0.15) is 4.31 Å². The Kier molecular flexibility index (Phi) is 6.61. The van der Waals surface area contributed by atoms with Gasteiger partial charge in [0.25, 0.3) is 0 Å². The van der Waals surface area contributed by atoms with Crippen molar-refractivity contribution in [3.8, 4) is 23.0 Å². The molecule has 0 bridgehead atoms. The first-order valence-corrected chi connectivity index (χ1v) is 11.8. The number of piperidine rings is 1. The maximum Gasteiger partial charge on any atom is 0.322 e. The minimum absolute atomic E-state index is 0.0696. The summed E-state index contributed by atoms with van der Waals surface area (Å²) in [7, 11) is -0.606. The molecule has 1 aromatic heterocycles. The van der Waals surface area contributed by atoms with Crippen molar-refractivity contribution < 1.29 is 27.1 Å². The first-order chi connectivity index (χ1) is 15.9. The van der Waals surface area contributed by atoms with Crippen LogP contribution < -0.4 is 14.8 Å². The van der Waals surface area contributed by atoms with Crippen LogP contribution >= 0.6 is 0 Å². The second kappa shape index (κ2) is 9.59. The number of carbonyl (C=O) groups excluding carboxylic acids is 1. The Balaban J connectivity index is 1.45. The van der Waals surface area contributed by atoms with Crippen LogP contribution in [-0.4, -0.2) is 56.1 Å². The first kappa shape index (κ1) is 22.7. The smallest absolute Gasteiger partial charge is 0.322 e. The van der Waals surface area contributed by atoms with Crippen LogP contribution in [0.5, 0.6) is 11.5 Å². The lowest BCUT2D eigenvalue weighted by Crippen LogP contribution is -2.43. The average molecular weight is 473 g/mol. The van der Waals surface area contributed by atoms with Gasteiger partial charge in [-0.05, 0) is 37.1 Å². The third-order valence-electron chi connectivity index (χ3n) is 5.39. The van der Waals surface area contributed by atoms with E-state index < -0.39 is 15.9 Å². The number of benzene rings is 2. The zero-order valence-corrected chi connectivity index (χ0v) is 19.0. The van der Waals surface area contributed by atoms with Gasteiger partial charge in [-0.3, -0.25) is 10.1 Å². The molecule has 1 amide bonds. The van der Waals surface area contributed by atoms with E-state index in [1.165, 1.54) is 18.5 Å². The standard InChI is InChI=1S/C22H24N4O6S/c1-30-17-11-16(12-18(13-17)31-2)21-24-25-22(32-21)23-20(27)15-7-6-10-26(14-15)33(28,29)19-8-4-3-5-9-19/h3-5,8-9,11-13,15H,6-7,10,14H2,1-2H3,(H,23,25,27). The van der Waals surface area contributed by atoms with E-state index in [0.29, 0.717) is 36.4 Å². The van der Waals surface area contributed by atoms with E-state index in [9.17, 15) is 13.2 Å². The van der Waals surface area contributed by atoms with Crippen LogP contribution in [0.1, 0.15) is 12.8 Å². The highest BCUT2D eigenvalue weighted by Crippen LogP contribution is 2.30. The largest absolute Gasteiger partial charge is 0.497 e. The van der Waals surface area contributed by atoms with E-state index in [1.54, 1.807) is 48.5 Å². The Bertz CT molecular complexity index is 1210. The van der Waals surface area contributed by atoms with Gasteiger partial charge in [-0.1, -0.05) is 23.3 Å². The number of ether oxygens (including phenoxy) is 2. The molecule has 1 saturated heterocycles. The van der Waals surface area contributed by atoms with Gasteiger partial charge in [-0.25, -0.2) is 8.42 Å². The van der Waals surface area contributed by atoms with E-state index in [4.69, 9.17) is 13.9 Å². The maximum atomic E-state index is 12.9. The van der Waals surface area contributed by atoms with Crippen molar-refractivity contribution in [3.05, 3.63) is 48.5 Å². The fraction of sp³-hybridized carbons (Fsp3) is 0.318. The lowest BCUT2D eigenvalue weighted by Gasteiger charge is -2.30. The van der Waals surface area contributed by atoms with Crippen LogP contribution in [0.2, 0.25) is 0 Å². The Hall–Kier alpha value is -3.44. The van der Waals surface area contributed by atoms with Crippen LogP contribution in [0.25, 0.3) is 11.5 Å². The van der Waals surface area contributed by atoms with Crippen LogP contribution in [0.15, 0.2) is 57.8 Å². The molecule has 1 atom stereocenters. The highest BCUT2D eigenvalue weighted by atomic mass is 32.2. The van der Waals surface area contributed by atoms with Crippen molar-refractivity contribution in [1.29, 1.82) is 0 Å². The molecule has 1 unspecified atom stereocenters. The van der Waals surface area contributed by atoms with Crippen molar-refractivity contribution in [2.24, 2.45) is 5.92 Å². The molecular formula is C22H24N4O6S. The Morgan fingerprint density at radius 1 is 1.09 bits per heavy atom. The van der Waals surface area contributed by atoms with Crippen LogP contribution in [0.4, 0.5) is 6.01 Å². The summed E-state index contributed by atoms with van der Waals surface area (Å²) in [4.78, 5) is 13.0. The average Bonchev–Trinajstić information content (AvgIpc) is 3.32. The summed E-state index contributed by atoms with van der Waals surface area (Å²) in [5.74, 6) is 0.371. The van der Waals surface area contributed by atoms with Crippen molar-refractivity contribution >= 4 is 21.9 Å². The summed E-state index contributed by atoms with van der Waals surface area (Å²) in [5.41, 5.74) is 0.567. The minimum atomic E-state index is -3.67. The highest BCUT2D eigenvalue weighted by molar-refractivity contribution is 7.89. The number of anilines is 1. The lowest BCUT2D eigenvalue weighted by atomic mass is 9.99. The van der Waals surface area contributed by atoms with Gasteiger partial charge >= 0.3 is 6.01 Å². The zero-order chi connectivity index (χ0) is 23.4. The van der Waals surface area contributed by atoms with E-state index in [-0.39, 0.29) is 29.3 Å². The van der Waals surface area contributed by atoms with Gasteiger partial charge in [0, 0.05) is 24.7 Å². The summed E-state index contributed by atoms with van der Waals surface area (Å²) >= 11 is 0. The Morgan fingerprint density at radius 2 is 1.79 bits per heavy atom. The van der Waals surface area contributed by atoms with Crippen LogP contribution in [-0.2, 0) is 14.8 Å². The van der Waals surface area contributed by atoms with Gasteiger partial charge in [0.1, 0.15) is 11.5 Å². The van der Waals surface area contributed by atoms with Crippen molar-refractivity contribution in [2.45, 2.75) is 17.7 Å². The number of hydrogen-bond acceptors (Lipinski definition) is 8. The molecule has 0 aliphatic carbocycles. The summed E-state index contributed by atoms with van der Waals surface area (Å²) < 4.78 is 43.3. The van der Waals surface area contributed by atoms with E-state index in [2.05, 4.69) is 15.5 Å². The number of amides is 1. The fourth-order valence-corrected chi connectivity index (χ4v) is 5.19. The molecule has 10 nitrogen and oxygen atoms in total. The molecule has 1 aliphatic heterocycles. The van der Waals surface area contributed by atoms with Crippen molar-refractivity contribution in [1.82, 2.24) is 14.5 Å². The number of hydrogen-bond donors (Lipinski definition) is 1. The molecule has 1 fully saturated rings. The number of carbonyl (C=O) groups is 1. The van der Waals surface area contributed by atoms with Crippen molar-refractivity contribution in [2.75, 3.05) is 32.6 Å². The quantitative estimate of drug-likeness (QED) is 0.557. The molecule has 3 aromatic rings. The number of methoxy groups -OCH3 is 2. The molecule has 1 aliphatic rings. The molecule has 2 aromatic carbocycles. The van der Waals surface area contributed by atoms with Crippen LogP contribution in [0.3, 0.4) is 0 Å². The molecule has 1 N–H and O–H groups in total. The van der Waals surface area contributed by atoms with E-state index >= 15 is 0 Å². The Morgan fingerprint density at radius 3 is 2.45 bits per heavy atom. The zero-order valence-electron chi connectivity index (χ0n) is 18.2. The number of rotatable bonds is 7. The summed E-state index contributed by atoms with van der Waals surface area (Å²) in [6.45, 7) is 0.445. The van der Waals surface area contributed by atoms with Crippen molar-refractivity contribution in [3.63, 3.8) is 0 Å².